The van der Waals surface area contributed by atoms with Crippen molar-refractivity contribution in [3.05, 3.63) is 68.9 Å². The fourth-order valence-corrected chi connectivity index (χ4v) is 22.0. The van der Waals surface area contributed by atoms with E-state index in [4.69, 9.17) is 27.0 Å². The molecular formula is C94H144F2N4O2S6. The number of hydrogen-bond donors (Lipinski definition) is 0. The summed E-state index contributed by atoms with van der Waals surface area (Å²) in [5, 5.41) is 0. The van der Waals surface area contributed by atoms with Gasteiger partial charge in [-0.2, -0.15) is 17.5 Å². The van der Waals surface area contributed by atoms with Crippen molar-refractivity contribution in [2.45, 2.75) is 402 Å². The second-order valence-corrected chi connectivity index (χ2v) is 38.0. The highest BCUT2D eigenvalue weighted by atomic mass is 32.1. The van der Waals surface area contributed by atoms with E-state index in [0.717, 1.165) is 121 Å². The Kier molecular flexibility index (Phi) is 44.5. The maximum atomic E-state index is 18.1. The highest BCUT2D eigenvalue weighted by Crippen LogP contribution is 2.55. The van der Waals surface area contributed by atoms with Gasteiger partial charge in [-0.3, -0.25) is 0 Å². The van der Waals surface area contributed by atoms with Crippen molar-refractivity contribution >= 4 is 90.9 Å². The molecule has 0 aliphatic rings. The number of halogens is 2. The molecule has 2 atom stereocenters. The van der Waals surface area contributed by atoms with Gasteiger partial charge in [0.25, 0.3) is 0 Å². The Morgan fingerprint density at radius 3 is 0.963 bits per heavy atom. The molecule has 0 fully saturated rings. The molecule has 108 heavy (non-hydrogen) atoms. The van der Waals surface area contributed by atoms with Gasteiger partial charge in [0.15, 0.2) is 23.1 Å². The number of thiophene rings is 4. The fourth-order valence-electron chi connectivity index (χ4n) is 16.4. The third-order valence-corrected chi connectivity index (χ3v) is 28.6. The van der Waals surface area contributed by atoms with Crippen molar-refractivity contribution in [3.63, 3.8) is 0 Å². The second-order valence-electron chi connectivity index (χ2n) is 32.3. The lowest BCUT2D eigenvalue weighted by molar-refractivity contribution is 0.260. The van der Waals surface area contributed by atoms with Crippen molar-refractivity contribution in [3.8, 4) is 63.0 Å². The zero-order chi connectivity index (χ0) is 76.2. The van der Waals surface area contributed by atoms with Gasteiger partial charge in [0.05, 0.1) is 58.9 Å². The van der Waals surface area contributed by atoms with Crippen LogP contribution in [0.2, 0.25) is 0 Å². The van der Waals surface area contributed by atoms with Gasteiger partial charge in [0, 0.05) is 39.0 Å². The predicted molar refractivity (Wildman–Crippen MR) is 476 cm³/mol. The standard InChI is InChI=1S/C94H144F2N4O2S6/c1-9-15-21-27-33-37-39-43-49-55-65-101-92-84(77-62-61-71(7)103-77)90-91(100-108-99-90)85(93(92)102-66-56-50-44-40-38-34-28-22-16-10-2)78-63-64-79(105-78)94-76(68-74(59-52-46-32-26-20-14-6)60-54-48-42-36-30-24-18-12-4)70-81(106-94)83-87(96)86(95)82(88-89(83)98-107-97-88)80-69-75(72(8)104-80)67-73(57-51-45-31-25-19-13-5)58-53-47-41-35-29-23-17-11-3/h61-64,69-70,73-74H,9-60,65-68H2,1-8H3. The molecular weight excluding hydrogens is 1450 g/mol. The minimum atomic E-state index is -0.823. The van der Waals surface area contributed by atoms with E-state index in [2.05, 4.69) is 91.8 Å². The third kappa shape index (κ3) is 29.6. The van der Waals surface area contributed by atoms with E-state index in [0.29, 0.717) is 41.0 Å². The minimum absolute atomic E-state index is 0.240. The van der Waals surface area contributed by atoms with Crippen LogP contribution in [0.3, 0.4) is 0 Å². The van der Waals surface area contributed by atoms with Crippen LogP contribution in [-0.4, -0.2) is 30.7 Å². The highest BCUT2D eigenvalue weighted by molar-refractivity contribution is 7.25. The summed E-state index contributed by atoms with van der Waals surface area (Å²) in [6.07, 6.45) is 67.9. The highest BCUT2D eigenvalue weighted by Gasteiger charge is 2.32. The Hall–Kier alpha value is -3.66. The van der Waals surface area contributed by atoms with E-state index in [9.17, 15) is 0 Å². The van der Waals surface area contributed by atoms with E-state index < -0.39 is 11.6 Å². The van der Waals surface area contributed by atoms with Gasteiger partial charge in [0.1, 0.15) is 22.1 Å². The molecule has 0 saturated heterocycles. The van der Waals surface area contributed by atoms with Crippen LogP contribution >= 0.6 is 68.8 Å². The van der Waals surface area contributed by atoms with Crippen molar-refractivity contribution in [1.29, 1.82) is 0 Å². The van der Waals surface area contributed by atoms with Crippen LogP contribution in [0.5, 0.6) is 11.5 Å². The van der Waals surface area contributed by atoms with Crippen molar-refractivity contribution < 1.29 is 18.3 Å². The van der Waals surface area contributed by atoms with E-state index >= 15 is 8.78 Å². The summed E-state index contributed by atoms with van der Waals surface area (Å²) in [5.41, 5.74) is 7.53. The fraction of sp³-hybridized carbons (Fsp3) is 0.702. The van der Waals surface area contributed by atoms with Gasteiger partial charge < -0.3 is 9.47 Å². The Labute approximate surface area is 680 Å². The van der Waals surface area contributed by atoms with Crippen molar-refractivity contribution in [1.82, 2.24) is 17.5 Å². The minimum Gasteiger partial charge on any atom is -0.489 e. The molecule has 0 saturated carbocycles. The van der Waals surface area contributed by atoms with Gasteiger partial charge in [0.2, 0.25) is 0 Å². The molecule has 0 radical (unpaired) electrons. The quantitative estimate of drug-likeness (QED) is 0.0354. The van der Waals surface area contributed by atoms with E-state index in [1.54, 1.807) is 45.3 Å². The van der Waals surface area contributed by atoms with Crippen LogP contribution in [0.25, 0.3) is 73.6 Å². The van der Waals surface area contributed by atoms with Gasteiger partial charge in [-0.1, -0.05) is 363 Å². The lowest BCUT2D eigenvalue weighted by Crippen LogP contribution is -2.06. The summed E-state index contributed by atoms with van der Waals surface area (Å²) in [7, 11) is 0. The molecule has 0 aliphatic carbocycles. The Morgan fingerprint density at radius 2 is 0.602 bits per heavy atom. The molecule has 602 valence electrons. The first kappa shape index (κ1) is 89.9. The lowest BCUT2D eigenvalue weighted by atomic mass is 9.88. The Bertz CT molecular complexity index is 3680. The average molecular weight is 1590 g/mol. The van der Waals surface area contributed by atoms with Crippen LogP contribution in [0.15, 0.2) is 36.4 Å². The summed E-state index contributed by atoms with van der Waals surface area (Å²) in [6, 6.07) is 13.4. The molecule has 0 spiro atoms. The number of rotatable bonds is 65. The number of benzene rings is 2. The largest absolute Gasteiger partial charge is 0.489 e. The molecule has 0 bridgehead atoms. The number of unbranched alkanes of at least 4 members (excludes halogenated alkanes) is 42. The zero-order valence-corrected chi connectivity index (χ0v) is 73.9. The molecule has 0 amide bonds. The molecule has 8 rings (SSSR count). The number of fused-ring (bicyclic) bond motifs is 2. The van der Waals surface area contributed by atoms with Gasteiger partial charge in [-0.05, 0) is 98.9 Å². The first-order valence-corrected chi connectivity index (χ1v) is 49.5. The maximum Gasteiger partial charge on any atom is 0.172 e. The summed E-state index contributed by atoms with van der Waals surface area (Å²) >= 11 is 9.09. The van der Waals surface area contributed by atoms with Gasteiger partial charge in [-0.25, -0.2) is 8.78 Å². The first-order chi connectivity index (χ1) is 53.1. The normalized spacial score (nSPS) is 12.5. The smallest absolute Gasteiger partial charge is 0.172 e. The number of ether oxygens (including phenoxy) is 2. The average Bonchev–Trinajstić information content (AvgIpc) is 1.54. The van der Waals surface area contributed by atoms with Crippen molar-refractivity contribution in [2.24, 2.45) is 11.8 Å². The number of hydrogen-bond acceptors (Lipinski definition) is 12. The molecule has 8 aromatic rings. The second kappa shape index (κ2) is 53.4. The molecule has 14 heteroatoms. The van der Waals surface area contributed by atoms with Crippen LogP contribution < -0.4 is 9.47 Å². The number of aromatic nitrogens is 4. The zero-order valence-electron chi connectivity index (χ0n) is 69.0. The molecule has 6 heterocycles. The summed E-state index contributed by atoms with van der Waals surface area (Å²) < 4.78 is 70.9. The molecule has 6 aromatic heterocycles. The van der Waals surface area contributed by atoms with Crippen molar-refractivity contribution in [2.75, 3.05) is 13.2 Å². The predicted octanol–water partition coefficient (Wildman–Crippen LogP) is 34.7. The molecule has 2 aromatic carbocycles. The molecule has 2 unspecified atom stereocenters. The van der Waals surface area contributed by atoms with Gasteiger partial charge >= 0.3 is 0 Å². The van der Waals surface area contributed by atoms with Crippen LogP contribution in [-0.2, 0) is 12.8 Å². The molecule has 6 nitrogen and oxygen atoms in total. The molecule has 0 aliphatic heterocycles. The lowest BCUT2D eigenvalue weighted by Gasteiger charge is -2.20. The summed E-state index contributed by atoms with van der Waals surface area (Å²) in [6.45, 7) is 19.3. The summed E-state index contributed by atoms with van der Waals surface area (Å²) in [4.78, 5) is 8.29. The summed E-state index contributed by atoms with van der Waals surface area (Å²) in [5.74, 6) is 0.937. The SMILES string of the molecule is CCCCCCCCCCCCOc1c(OCCCCCCCCCCCC)c(-c2ccc(-c3sc(-c4c(F)c(F)c(-c5cc(CC(CCCCCCCC)CCCCCCCCCC)c(C)s5)c5nsnc45)cc3CC(CCCCCCCC)CCCCCCCCCC)s2)c2nsnc2c1-c1ccc(C)s1. The van der Waals surface area contributed by atoms with E-state index in [1.165, 1.54) is 328 Å². The molecule has 0 N–H and O–H groups in total. The van der Waals surface area contributed by atoms with Crippen LogP contribution in [0.1, 0.15) is 396 Å². The Morgan fingerprint density at radius 1 is 0.306 bits per heavy atom. The maximum absolute atomic E-state index is 18.1. The van der Waals surface area contributed by atoms with Crippen LogP contribution in [0.4, 0.5) is 8.78 Å². The third-order valence-electron chi connectivity index (χ3n) is 23.0. The monoisotopic (exact) mass is 1590 g/mol. The number of nitrogens with zero attached hydrogens (tertiary/aromatic N) is 4. The first-order valence-electron chi connectivity index (χ1n) is 44.7. The Balaban J connectivity index is 1.17. The number of aryl methyl sites for hydroxylation is 2. The van der Waals surface area contributed by atoms with Gasteiger partial charge in [-0.15, -0.1) is 45.3 Å². The van der Waals surface area contributed by atoms with E-state index in [1.807, 2.05) is 0 Å². The van der Waals surface area contributed by atoms with E-state index in [-0.39, 0.29) is 11.1 Å². The van der Waals surface area contributed by atoms with Crippen LogP contribution in [0, 0.1) is 37.3 Å². The topological polar surface area (TPSA) is 70.0 Å².